The Kier molecular flexibility index (Phi) is 7.56. The number of hydrogen-bond acceptors (Lipinski definition) is 6. The Morgan fingerprint density at radius 2 is 1.89 bits per heavy atom. The summed E-state index contributed by atoms with van der Waals surface area (Å²) in [5.74, 6) is 1.65. The van der Waals surface area contributed by atoms with E-state index in [1.54, 1.807) is 26.4 Å². The zero-order valence-corrected chi connectivity index (χ0v) is 17.7. The quantitative estimate of drug-likeness (QED) is 0.664. The van der Waals surface area contributed by atoms with Crippen LogP contribution < -0.4 is 14.2 Å². The van der Waals surface area contributed by atoms with Gasteiger partial charge in [0.1, 0.15) is 12.7 Å². The van der Waals surface area contributed by atoms with Crippen molar-refractivity contribution < 1.29 is 24.1 Å². The molecule has 0 aliphatic carbocycles. The number of methoxy groups -OCH3 is 2. The standard InChI is InChI=1S/C21H26BrNO5/c1-25-18-7-4-8-19(26-2)21(18)28-14-17(24)12-23-9-10-27-20(13-23)15-5-3-6-16(22)11-15/h3-8,11,17,20,24H,9-10,12-14H2,1-2H3. The maximum Gasteiger partial charge on any atom is 0.203 e. The number of hydrogen-bond donors (Lipinski definition) is 1. The van der Waals surface area contributed by atoms with E-state index < -0.39 is 6.10 Å². The molecule has 6 nitrogen and oxygen atoms in total. The summed E-state index contributed by atoms with van der Waals surface area (Å²) in [6, 6.07) is 13.6. The summed E-state index contributed by atoms with van der Waals surface area (Å²) < 4.78 is 23.4. The average molecular weight is 452 g/mol. The van der Waals surface area contributed by atoms with Gasteiger partial charge in [0.25, 0.3) is 0 Å². The second kappa shape index (κ2) is 10.1. The first-order chi connectivity index (χ1) is 13.6. The van der Waals surface area contributed by atoms with Crippen LogP contribution in [0.2, 0.25) is 0 Å². The Hall–Kier alpha value is -1.80. The zero-order chi connectivity index (χ0) is 19.9. The van der Waals surface area contributed by atoms with Gasteiger partial charge < -0.3 is 24.1 Å². The van der Waals surface area contributed by atoms with Crippen LogP contribution in [-0.2, 0) is 4.74 Å². The molecule has 152 valence electrons. The third kappa shape index (κ3) is 5.38. The van der Waals surface area contributed by atoms with E-state index in [1.165, 1.54) is 0 Å². The van der Waals surface area contributed by atoms with Crippen molar-refractivity contribution in [3.05, 3.63) is 52.5 Å². The maximum atomic E-state index is 10.5. The van der Waals surface area contributed by atoms with Gasteiger partial charge in [-0.15, -0.1) is 0 Å². The van der Waals surface area contributed by atoms with Gasteiger partial charge in [-0.2, -0.15) is 0 Å². The number of morpholine rings is 1. The van der Waals surface area contributed by atoms with Crippen molar-refractivity contribution in [3.8, 4) is 17.2 Å². The van der Waals surface area contributed by atoms with Crippen LogP contribution in [0, 0.1) is 0 Å². The molecule has 1 heterocycles. The third-order valence-electron chi connectivity index (χ3n) is 4.64. The van der Waals surface area contributed by atoms with Crippen molar-refractivity contribution in [3.63, 3.8) is 0 Å². The molecule has 7 heteroatoms. The minimum atomic E-state index is -0.643. The first-order valence-corrected chi connectivity index (χ1v) is 10.0. The fourth-order valence-corrected chi connectivity index (χ4v) is 3.68. The van der Waals surface area contributed by atoms with Crippen LogP contribution in [0.4, 0.5) is 0 Å². The fourth-order valence-electron chi connectivity index (χ4n) is 3.27. The summed E-state index contributed by atoms with van der Waals surface area (Å²) in [6.45, 7) is 2.79. The highest BCUT2D eigenvalue weighted by atomic mass is 79.9. The van der Waals surface area contributed by atoms with E-state index in [1.807, 2.05) is 18.2 Å². The highest BCUT2D eigenvalue weighted by Gasteiger charge is 2.24. The second-order valence-corrected chi connectivity index (χ2v) is 7.55. The lowest BCUT2D eigenvalue weighted by molar-refractivity contribution is -0.0460. The number of halogens is 1. The van der Waals surface area contributed by atoms with Crippen LogP contribution in [0.1, 0.15) is 11.7 Å². The van der Waals surface area contributed by atoms with Gasteiger partial charge in [-0.3, -0.25) is 4.90 Å². The van der Waals surface area contributed by atoms with Crippen molar-refractivity contribution in [2.45, 2.75) is 12.2 Å². The van der Waals surface area contributed by atoms with Crippen molar-refractivity contribution in [1.82, 2.24) is 4.90 Å². The van der Waals surface area contributed by atoms with Crippen molar-refractivity contribution in [1.29, 1.82) is 0 Å². The summed E-state index contributed by atoms with van der Waals surface area (Å²) in [7, 11) is 3.15. The van der Waals surface area contributed by atoms with Crippen LogP contribution in [0.15, 0.2) is 46.9 Å². The molecule has 0 radical (unpaired) electrons. The lowest BCUT2D eigenvalue weighted by Gasteiger charge is -2.34. The summed E-state index contributed by atoms with van der Waals surface area (Å²) >= 11 is 3.50. The molecule has 0 bridgehead atoms. The second-order valence-electron chi connectivity index (χ2n) is 6.63. The third-order valence-corrected chi connectivity index (χ3v) is 5.14. The first-order valence-electron chi connectivity index (χ1n) is 9.22. The van der Waals surface area contributed by atoms with E-state index in [0.29, 0.717) is 30.4 Å². The predicted molar refractivity (Wildman–Crippen MR) is 110 cm³/mol. The Morgan fingerprint density at radius 3 is 2.57 bits per heavy atom. The van der Waals surface area contributed by atoms with Gasteiger partial charge in [-0.05, 0) is 29.8 Å². The van der Waals surface area contributed by atoms with Crippen LogP contribution in [0.25, 0.3) is 0 Å². The zero-order valence-electron chi connectivity index (χ0n) is 16.1. The minimum absolute atomic E-state index is 0.00585. The number of aliphatic hydroxyl groups is 1. The fraction of sp³-hybridized carbons (Fsp3) is 0.429. The molecule has 1 aliphatic heterocycles. The molecule has 0 saturated carbocycles. The molecule has 1 saturated heterocycles. The predicted octanol–water partition coefficient (Wildman–Crippen LogP) is 3.28. The van der Waals surface area contributed by atoms with Gasteiger partial charge >= 0.3 is 0 Å². The number of aliphatic hydroxyl groups excluding tert-OH is 1. The molecule has 2 aromatic carbocycles. The number of benzene rings is 2. The molecule has 2 atom stereocenters. The van der Waals surface area contributed by atoms with Gasteiger partial charge in [0.15, 0.2) is 11.5 Å². The molecular weight excluding hydrogens is 426 g/mol. The van der Waals surface area contributed by atoms with Gasteiger partial charge in [0.05, 0.1) is 26.9 Å². The number of rotatable bonds is 8. The number of ether oxygens (including phenoxy) is 4. The van der Waals surface area contributed by atoms with Gasteiger partial charge in [0.2, 0.25) is 5.75 Å². The van der Waals surface area contributed by atoms with E-state index in [4.69, 9.17) is 18.9 Å². The molecule has 0 aromatic heterocycles. The molecule has 3 rings (SSSR count). The average Bonchev–Trinajstić information content (AvgIpc) is 2.72. The number of para-hydroxylation sites is 1. The minimum Gasteiger partial charge on any atom is -0.493 e. The summed E-state index contributed by atoms with van der Waals surface area (Å²) in [5, 5.41) is 10.5. The molecule has 2 unspecified atom stereocenters. The molecule has 1 N–H and O–H groups in total. The number of nitrogens with zero attached hydrogens (tertiary/aromatic N) is 1. The lowest BCUT2D eigenvalue weighted by Crippen LogP contribution is -2.43. The Bertz CT molecular complexity index is 750. The summed E-state index contributed by atoms with van der Waals surface area (Å²) in [6.07, 6.45) is -0.649. The van der Waals surface area contributed by atoms with E-state index >= 15 is 0 Å². The molecule has 28 heavy (non-hydrogen) atoms. The molecule has 0 amide bonds. The Morgan fingerprint density at radius 1 is 1.18 bits per heavy atom. The molecular formula is C21H26BrNO5. The SMILES string of the molecule is COc1cccc(OC)c1OCC(O)CN1CCOC(c2cccc(Br)c2)C1. The van der Waals surface area contributed by atoms with Gasteiger partial charge in [-0.25, -0.2) is 0 Å². The highest BCUT2D eigenvalue weighted by molar-refractivity contribution is 9.10. The van der Waals surface area contributed by atoms with Crippen molar-refractivity contribution >= 4 is 15.9 Å². The van der Waals surface area contributed by atoms with Crippen LogP contribution >= 0.6 is 15.9 Å². The maximum absolute atomic E-state index is 10.5. The van der Waals surface area contributed by atoms with Crippen LogP contribution in [0.5, 0.6) is 17.2 Å². The molecule has 1 fully saturated rings. The first kappa shape index (κ1) is 20.9. The van der Waals surface area contributed by atoms with Crippen LogP contribution in [0.3, 0.4) is 0 Å². The van der Waals surface area contributed by atoms with E-state index in [2.05, 4.69) is 33.0 Å². The van der Waals surface area contributed by atoms with E-state index in [-0.39, 0.29) is 12.7 Å². The molecule has 0 spiro atoms. The topological polar surface area (TPSA) is 60.4 Å². The van der Waals surface area contributed by atoms with Crippen LogP contribution in [-0.4, -0.2) is 63.2 Å². The lowest BCUT2D eigenvalue weighted by atomic mass is 10.1. The molecule has 2 aromatic rings. The normalized spacial score (nSPS) is 18.5. The Balaban J connectivity index is 1.56. The molecule has 1 aliphatic rings. The monoisotopic (exact) mass is 451 g/mol. The highest BCUT2D eigenvalue weighted by Crippen LogP contribution is 2.36. The summed E-state index contributed by atoms with van der Waals surface area (Å²) in [5.41, 5.74) is 1.13. The van der Waals surface area contributed by atoms with E-state index in [9.17, 15) is 5.11 Å². The van der Waals surface area contributed by atoms with Crippen molar-refractivity contribution in [2.24, 2.45) is 0 Å². The largest absolute Gasteiger partial charge is 0.493 e. The van der Waals surface area contributed by atoms with Crippen molar-refractivity contribution in [2.75, 3.05) is 47.1 Å². The van der Waals surface area contributed by atoms with Gasteiger partial charge in [-0.1, -0.05) is 34.1 Å². The Labute approximate surface area is 174 Å². The summed E-state index contributed by atoms with van der Waals surface area (Å²) in [4.78, 5) is 2.20. The van der Waals surface area contributed by atoms with Gasteiger partial charge in [0, 0.05) is 24.1 Å². The smallest absolute Gasteiger partial charge is 0.203 e. The number of β-amino-alcohol motifs (C(OH)–C–C–N with tert-alkyl or cyclic N) is 1. The van der Waals surface area contributed by atoms with E-state index in [0.717, 1.165) is 23.1 Å².